The summed E-state index contributed by atoms with van der Waals surface area (Å²) in [6.45, 7) is 1.62. The smallest absolute Gasteiger partial charge is 0.144 e. The van der Waals surface area contributed by atoms with Crippen LogP contribution in [0.1, 0.15) is 11.4 Å². The number of pyridine rings is 1. The van der Waals surface area contributed by atoms with Crippen LogP contribution in [0.4, 0.5) is 4.39 Å². The molecule has 1 aromatic heterocycles. The van der Waals surface area contributed by atoms with Gasteiger partial charge in [-0.25, -0.2) is 9.37 Å². The molecular formula is C9H7BrFN. The van der Waals surface area contributed by atoms with Crippen LogP contribution in [0, 0.1) is 24.6 Å². The zero-order valence-corrected chi connectivity index (χ0v) is 8.15. The highest BCUT2D eigenvalue weighted by molar-refractivity contribution is 9.09. The first-order valence-corrected chi connectivity index (χ1v) is 4.54. The van der Waals surface area contributed by atoms with Crippen LogP contribution >= 0.6 is 15.9 Å². The second-order valence-corrected chi connectivity index (χ2v) is 2.76. The van der Waals surface area contributed by atoms with Gasteiger partial charge in [-0.3, -0.25) is 0 Å². The minimum Gasteiger partial charge on any atom is -0.242 e. The first kappa shape index (κ1) is 9.21. The Kier molecular flexibility index (Phi) is 3.24. The number of hydrogen-bond acceptors (Lipinski definition) is 1. The van der Waals surface area contributed by atoms with Crippen molar-refractivity contribution < 1.29 is 4.39 Å². The fourth-order valence-electron chi connectivity index (χ4n) is 0.738. The van der Waals surface area contributed by atoms with Gasteiger partial charge in [0.05, 0.1) is 11.0 Å². The van der Waals surface area contributed by atoms with Gasteiger partial charge < -0.3 is 0 Å². The number of aryl methyl sites for hydroxylation is 1. The van der Waals surface area contributed by atoms with E-state index in [1.165, 1.54) is 6.07 Å². The van der Waals surface area contributed by atoms with E-state index in [2.05, 4.69) is 32.8 Å². The van der Waals surface area contributed by atoms with E-state index in [0.717, 1.165) is 0 Å². The van der Waals surface area contributed by atoms with Crippen LogP contribution in [0.2, 0.25) is 0 Å². The van der Waals surface area contributed by atoms with E-state index in [9.17, 15) is 4.39 Å². The Morgan fingerprint density at radius 2 is 2.33 bits per heavy atom. The predicted octanol–water partition coefficient (Wildman–Crippen LogP) is 2.28. The van der Waals surface area contributed by atoms with Crippen LogP contribution in [-0.2, 0) is 0 Å². The summed E-state index contributed by atoms with van der Waals surface area (Å²) in [5.74, 6) is 5.29. The van der Waals surface area contributed by atoms with Gasteiger partial charge in [-0.15, -0.1) is 0 Å². The molecule has 62 valence electrons. The monoisotopic (exact) mass is 227 g/mol. The molecule has 1 aromatic rings. The summed E-state index contributed by atoms with van der Waals surface area (Å²) in [6, 6.07) is 2.94. The van der Waals surface area contributed by atoms with Crippen molar-refractivity contribution in [1.82, 2.24) is 4.98 Å². The molecule has 0 radical (unpaired) electrons. The molecule has 1 heterocycles. The van der Waals surface area contributed by atoms with Gasteiger partial charge in [0.15, 0.2) is 0 Å². The maximum absolute atomic E-state index is 12.7. The molecule has 0 aliphatic heterocycles. The maximum Gasteiger partial charge on any atom is 0.144 e. The average molecular weight is 228 g/mol. The van der Waals surface area contributed by atoms with Crippen LogP contribution in [0.15, 0.2) is 12.1 Å². The lowest BCUT2D eigenvalue weighted by Gasteiger charge is -1.94. The topological polar surface area (TPSA) is 12.9 Å². The molecule has 1 rings (SSSR count). The molecule has 1 nitrogen and oxygen atoms in total. The van der Waals surface area contributed by atoms with E-state index < -0.39 is 0 Å². The van der Waals surface area contributed by atoms with Gasteiger partial charge in [0.25, 0.3) is 0 Å². The third-order valence-electron chi connectivity index (χ3n) is 1.30. The van der Waals surface area contributed by atoms with E-state index in [4.69, 9.17) is 0 Å². The molecule has 0 N–H and O–H groups in total. The highest BCUT2D eigenvalue weighted by atomic mass is 79.9. The molecule has 0 aliphatic rings. The third kappa shape index (κ3) is 2.31. The zero-order chi connectivity index (χ0) is 8.97. The Morgan fingerprint density at radius 3 is 2.92 bits per heavy atom. The number of hydrogen-bond donors (Lipinski definition) is 0. The fraction of sp³-hybridized carbons (Fsp3) is 0.222. The molecule has 3 heteroatoms. The van der Waals surface area contributed by atoms with Gasteiger partial charge in [0, 0.05) is 0 Å². The summed E-state index contributed by atoms with van der Waals surface area (Å²) in [7, 11) is 0. The maximum atomic E-state index is 12.7. The molecule has 0 aliphatic carbocycles. The van der Waals surface area contributed by atoms with Gasteiger partial charge >= 0.3 is 0 Å². The van der Waals surface area contributed by atoms with Gasteiger partial charge in [0.2, 0.25) is 0 Å². The number of halogens is 2. The Hall–Kier alpha value is -0.880. The lowest BCUT2D eigenvalue weighted by molar-refractivity contribution is 0.609. The predicted molar refractivity (Wildman–Crippen MR) is 49.6 cm³/mol. The molecule has 0 spiro atoms. The lowest BCUT2D eigenvalue weighted by atomic mass is 10.3. The summed E-state index contributed by atoms with van der Waals surface area (Å²) in [5.41, 5.74) is 0.990. The van der Waals surface area contributed by atoms with E-state index in [-0.39, 0.29) is 5.82 Å². The highest BCUT2D eigenvalue weighted by Gasteiger charge is 1.96. The Balaban J connectivity index is 2.97. The van der Waals surface area contributed by atoms with E-state index in [1.807, 2.05) is 0 Å². The Morgan fingerprint density at radius 1 is 1.58 bits per heavy atom. The summed E-state index contributed by atoms with van der Waals surface area (Å²) in [5, 5.41) is 0.602. The molecule has 0 bridgehead atoms. The number of rotatable bonds is 0. The number of nitrogens with zero attached hydrogens (tertiary/aromatic N) is 1. The van der Waals surface area contributed by atoms with Crippen molar-refractivity contribution in [2.45, 2.75) is 6.92 Å². The van der Waals surface area contributed by atoms with Crippen molar-refractivity contribution in [3.05, 3.63) is 29.3 Å². The van der Waals surface area contributed by atoms with Crippen molar-refractivity contribution in [3.8, 4) is 11.8 Å². The SMILES string of the molecule is Cc1nc(C#CCBr)ccc1F. The molecule has 0 saturated carbocycles. The van der Waals surface area contributed by atoms with Crippen LogP contribution in [0.25, 0.3) is 0 Å². The van der Waals surface area contributed by atoms with Crippen LogP contribution in [0.5, 0.6) is 0 Å². The summed E-state index contributed by atoms with van der Waals surface area (Å²) < 4.78 is 12.7. The Bertz CT molecular complexity index is 338. The highest BCUT2D eigenvalue weighted by Crippen LogP contribution is 2.02. The lowest BCUT2D eigenvalue weighted by Crippen LogP contribution is -1.90. The molecule has 0 atom stereocenters. The standard InChI is InChI=1S/C9H7BrFN/c1-7-9(11)5-4-8(12-7)3-2-6-10/h4-5H,6H2,1H3. The first-order valence-electron chi connectivity index (χ1n) is 3.42. The van der Waals surface area contributed by atoms with Crippen LogP contribution < -0.4 is 0 Å². The van der Waals surface area contributed by atoms with E-state index >= 15 is 0 Å². The number of alkyl halides is 1. The molecule has 0 amide bonds. The minimum atomic E-state index is -0.292. The van der Waals surface area contributed by atoms with Crippen LogP contribution in [0.3, 0.4) is 0 Å². The molecule has 0 saturated heterocycles. The zero-order valence-electron chi connectivity index (χ0n) is 6.56. The van der Waals surface area contributed by atoms with Gasteiger partial charge in [0.1, 0.15) is 11.5 Å². The van der Waals surface area contributed by atoms with Crippen molar-refractivity contribution in [3.63, 3.8) is 0 Å². The molecule has 0 unspecified atom stereocenters. The van der Waals surface area contributed by atoms with Gasteiger partial charge in [-0.2, -0.15) is 0 Å². The molecular weight excluding hydrogens is 221 g/mol. The Labute approximate surface area is 79.1 Å². The average Bonchev–Trinajstić information content (AvgIpc) is 2.07. The third-order valence-corrected chi connectivity index (χ3v) is 1.58. The summed E-state index contributed by atoms with van der Waals surface area (Å²) in [4.78, 5) is 3.94. The van der Waals surface area contributed by atoms with Crippen LogP contribution in [-0.4, -0.2) is 10.3 Å². The minimum absolute atomic E-state index is 0.292. The van der Waals surface area contributed by atoms with Gasteiger partial charge in [-0.05, 0) is 25.0 Å². The first-order chi connectivity index (χ1) is 5.74. The molecule has 12 heavy (non-hydrogen) atoms. The summed E-state index contributed by atoms with van der Waals surface area (Å²) in [6.07, 6.45) is 0. The fourth-order valence-corrected chi connectivity index (χ4v) is 0.878. The normalized spacial score (nSPS) is 8.92. The number of aromatic nitrogens is 1. The van der Waals surface area contributed by atoms with Crippen molar-refractivity contribution in [1.29, 1.82) is 0 Å². The van der Waals surface area contributed by atoms with E-state index in [0.29, 0.717) is 16.7 Å². The van der Waals surface area contributed by atoms with Gasteiger partial charge in [-0.1, -0.05) is 21.9 Å². The quantitative estimate of drug-likeness (QED) is 0.490. The van der Waals surface area contributed by atoms with Crippen molar-refractivity contribution >= 4 is 15.9 Å². The second-order valence-electron chi connectivity index (χ2n) is 2.20. The second kappa shape index (κ2) is 4.22. The molecule has 0 aromatic carbocycles. The summed E-state index contributed by atoms with van der Waals surface area (Å²) >= 11 is 3.16. The van der Waals surface area contributed by atoms with Crippen molar-refractivity contribution in [2.24, 2.45) is 0 Å². The largest absolute Gasteiger partial charge is 0.242 e. The van der Waals surface area contributed by atoms with E-state index in [1.54, 1.807) is 13.0 Å². The molecule has 0 fully saturated rings. The van der Waals surface area contributed by atoms with Crippen molar-refractivity contribution in [2.75, 3.05) is 5.33 Å².